The second-order valence-corrected chi connectivity index (χ2v) is 5.45. The molecule has 2 amide bonds. The van der Waals surface area contributed by atoms with Crippen molar-refractivity contribution in [2.45, 2.75) is 19.8 Å². The Kier molecular flexibility index (Phi) is 6.25. The van der Waals surface area contributed by atoms with Crippen molar-refractivity contribution in [2.24, 2.45) is 0 Å². The van der Waals surface area contributed by atoms with Crippen molar-refractivity contribution in [1.82, 2.24) is 5.32 Å². The van der Waals surface area contributed by atoms with Crippen LogP contribution in [0.15, 0.2) is 54.6 Å². The van der Waals surface area contributed by atoms with Gasteiger partial charge in [-0.2, -0.15) is 0 Å². The van der Waals surface area contributed by atoms with Gasteiger partial charge in [0.05, 0.1) is 6.42 Å². The molecular formula is C19H20N2O3. The predicted octanol–water partition coefficient (Wildman–Crippen LogP) is 2.58. The summed E-state index contributed by atoms with van der Waals surface area (Å²) in [6, 6.07) is 16.2. The first-order valence-corrected chi connectivity index (χ1v) is 7.76. The molecule has 0 heterocycles. The summed E-state index contributed by atoms with van der Waals surface area (Å²) in [6.07, 6.45) is 0.466. The summed E-state index contributed by atoms with van der Waals surface area (Å²) < 4.78 is 0. The normalized spacial score (nSPS) is 10.0. The van der Waals surface area contributed by atoms with Gasteiger partial charge >= 0.3 is 0 Å². The Labute approximate surface area is 141 Å². The van der Waals surface area contributed by atoms with E-state index in [1.165, 1.54) is 6.92 Å². The molecule has 0 atom stereocenters. The number of hydrogen-bond acceptors (Lipinski definition) is 3. The molecule has 5 heteroatoms. The Morgan fingerprint density at radius 3 is 2.38 bits per heavy atom. The van der Waals surface area contributed by atoms with E-state index in [0.29, 0.717) is 17.7 Å². The van der Waals surface area contributed by atoms with Gasteiger partial charge < -0.3 is 10.6 Å². The summed E-state index contributed by atoms with van der Waals surface area (Å²) in [5, 5.41) is 5.44. The van der Waals surface area contributed by atoms with Gasteiger partial charge in [0.1, 0.15) is 0 Å². The fourth-order valence-electron chi connectivity index (χ4n) is 2.20. The summed E-state index contributed by atoms with van der Waals surface area (Å²) >= 11 is 0. The van der Waals surface area contributed by atoms with Crippen LogP contribution in [0.1, 0.15) is 29.3 Å². The van der Waals surface area contributed by atoms with Crippen molar-refractivity contribution in [3.63, 3.8) is 0 Å². The molecule has 0 bridgehead atoms. The van der Waals surface area contributed by atoms with E-state index < -0.39 is 0 Å². The predicted molar refractivity (Wildman–Crippen MR) is 92.8 cm³/mol. The number of anilines is 1. The molecule has 0 aliphatic rings. The third kappa shape index (κ3) is 5.68. The van der Waals surface area contributed by atoms with Gasteiger partial charge in [-0.15, -0.1) is 0 Å². The standard InChI is InChI=1S/C19H20N2O3/c1-14(22)16-8-5-9-17(13-16)21-18(23)10-11-20-19(24)12-15-6-3-2-4-7-15/h2-9,13H,10-12H2,1H3,(H,20,24)(H,21,23). The highest BCUT2D eigenvalue weighted by Gasteiger charge is 2.07. The molecule has 0 fully saturated rings. The summed E-state index contributed by atoms with van der Waals surface area (Å²) in [4.78, 5) is 35.0. The Balaban J connectivity index is 1.74. The maximum atomic E-state index is 11.9. The molecule has 24 heavy (non-hydrogen) atoms. The average Bonchev–Trinajstić information content (AvgIpc) is 2.56. The first-order valence-electron chi connectivity index (χ1n) is 7.76. The number of nitrogens with one attached hydrogen (secondary N) is 2. The monoisotopic (exact) mass is 324 g/mol. The van der Waals surface area contributed by atoms with Crippen LogP contribution >= 0.6 is 0 Å². The zero-order valence-corrected chi connectivity index (χ0v) is 13.5. The van der Waals surface area contributed by atoms with E-state index in [2.05, 4.69) is 10.6 Å². The zero-order valence-electron chi connectivity index (χ0n) is 13.5. The van der Waals surface area contributed by atoms with E-state index in [9.17, 15) is 14.4 Å². The van der Waals surface area contributed by atoms with E-state index in [4.69, 9.17) is 0 Å². The lowest BCUT2D eigenvalue weighted by Crippen LogP contribution is -2.28. The van der Waals surface area contributed by atoms with Gasteiger partial charge in [-0.05, 0) is 24.6 Å². The average molecular weight is 324 g/mol. The van der Waals surface area contributed by atoms with Crippen LogP contribution in [-0.2, 0) is 16.0 Å². The smallest absolute Gasteiger partial charge is 0.226 e. The molecule has 2 aromatic carbocycles. The number of carbonyl (C=O) groups excluding carboxylic acids is 3. The van der Waals surface area contributed by atoms with Gasteiger partial charge in [0.25, 0.3) is 0 Å². The van der Waals surface area contributed by atoms with Crippen LogP contribution in [0, 0.1) is 0 Å². The van der Waals surface area contributed by atoms with Crippen molar-refractivity contribution < 1.29 is 14.4 Å². The molecule has 0 spiro atoms. The lowest BCUT2D eigenvalue weighted by atomic mass is 10.1. The molecule has 124 valence electrons. The van der Waals surface area contributed by atoms with E-state index in [1.807, 2.05) is 30.3 Å². The number of rotatable bonds is 7. The highest BCUT2D eigenvalue weighted by molar-refractivity contribution is 5.97. The maximum Gasteiger partial charge on any atom is 0.226 e. The van der Waals surface area contributed by atoms with Crippen LogP contribution in [0.3, 0.4) is 0 Å². The molecule has 0 aromatic heterocycles. The van der Waals surface area contributed by atoms with Crippen molar-refractivity contribution in [2.75, 3.05) is 11.9 Å². The van der Waals surface area contributed by atoms with Gasteiger partial charge in [0.2, 0.25) is 11.8 Å². The molecule has 5 nitrogen and oxygen atoms in total. The van der Waals surface area contributed by atoms with E-state index in [-0.39, 0.29) is 30.6 Å². The molecule has 2 aromatic rings. The molecule has 0 saturated heterocycles. The number of hydrogen-bond donors (Lipinski definition) is 2. The molecule has 2 rings (SSSR count). The Morgan fingerprint density at radius 1 is 0.917 bits per heavy atom. The van der Waals surface area contributed by atoms with Crippen molar-refractivity contribution in [3.8, 4) is 0 Å². The van der Waals surface area contributed by atoms with Crippen LogP contribution in [0.5, 0.6) is 0 Å². The maximum absolute atomic E-state index is 11.9. The van der Waals surface area contributed by atoms with Gasteiger partial charge in [-0.3, -0.25) is 14.4 Å². The van der Waals surface area contributed by atoms with Crippen molar-refractivity contribution in [1.29, 1.82) is 0 Å². The van der Waals surface area contributed by atoms with E-state index in [0.717, 1.165) is 5.56 Å². The Hall–Kier alpha value is -2.95. The fourth-order valence-corrected chi connectivity index (χ4v) is 2.20. The number of ketones is 1. The summed E-state index contributed by atoms with van der Waals surface area (Å²) in [5.74, 6) is -0.387. The van der Waals surface area contributed by atoms with Crippen LogP contribution in [-0.4, -0.2) is 24.1 Å². The van der Waals surface area contributed by atoms with E-state index >= 15 is 0 Å². The SMILES string of the molecule is CC(=O)c1cccc(NC(=O)CCNC(=O)Cc2ccccc2)c1. The third-order valence-corrected chi connectivity index (χ3v) is 3.43. The molecule has 0 unspecified atom stereocenters. The molecule has 0 saturated carbocycles. The topological polar surface area (TPSA) is 75.3 Å². The quantitative estimate of drug-likeness (QED) is 0.769. The Bertz CT molecular complexity index is 726. The summed E-state index contributed by atoms with van der Waals surface area (Å²) in [6.45, 7) is 1.74. The Morgan fingerprint density at radius 2 is 1.67 bits per heavy atom. The third-order valence-electron chi connectivity index (χ3n) is 3.43. The molecule has 2 N–H and O–H groups in total. The van der Waals surface area contributed by atoms with Crippen molar-refractivity contribution in [3.05, 3.63) is 65.7 Å². The molecule has 0 aliphatic carbocycles. The zero-order chi connectivity index (χ0) is 17.4. The highest BCUT2D eigenvalue weighted by atomic mass is 16.2. The number of benzene rings is 2. The number of carbonyl (C=O) groups is 3. The van der Waals surface area contributed by atoms with E-state index in [1.54, 1.807) is 24.3 Å². The second kappa shape index (κ2) is 8.62. The summed E-state index contributed by atoms with van der Waals surface area (Å²) in [5.41, 5.74) is 2.05. The van der Waals surface area contributed by atoms with Gasteiger partial charge in [0, 0.05) is 24.2 Å². The molecular weight excluding hydrogens is 304 g/mol. The number of amides is 2. The first kappa shape index (κ1) is 17.4. The highest BCUT2D eigenvalue weighted by Crippen LogP contribution is 2.11. The van der Waals surface area contributed by atoms with Crippen LogP contribution in [0.4, 0.5) is 5.69 Å². The largest absolute Gasteiger partial charge is 0.355 e. The van der Waals surface area contributed by atoms with Crippen LogP contribution in [0.25, 0.3) is 0 Å². The second-order valence-electron chi connectivity index (χ2n) is 5.45. The lowest BCUT2D eigenvalue weighted by Gasteiger charge is -2.08. The molecule has 0 radical (unpaired) electrons. The minimum atomic E-state index is -0.212. The van der Waals surface area contributed by atoms with Crippen molar-refractivity contribution >= 4 is 23.3 Å². The first-order chi connectivity index (χ1) is 11.5. The van der Waals surface area contributed by atoms with Gasteiger partial charge in [-0.1, -0.05) is 42.5 Å². The van der Waals surface area contributed by atoms with Gasteiger partial charge in [-0.25, -0.2) is 0 Å². The number of Topliss-reactive ketones (excluding diaryl/α,β-unsaturated/α-hetero) is 1. The van der Waals surface area contributed by atoms with Gasteiger partial charge in [0.15, 0.2) is 5.78 Å². The fraction of sp³-hybridized carbons (Fsp3) is 0.211. The van der Waals surface area contributed by atoms with Crippen LogP contribution in [0.2, 0.25) is 0 Å². The lowest BCUT2D eigenvalue weighted by molar-refractivity contribution is -0.120. The summed E-state index contributed by atoms with van der Waals surface area (Å²) in [7, 11) is 0. The van der Waals surface area contributed by atoms with Crippen LogP contribution < -0.4 is 10.6 Å². The minimum Gasteiger partial charge on any atom is -0.355 e. The molecule has 0 aliphatic heterocycles. The minimum absolute atomic E-state index is 0.0562.